The molecule has 0 saturated heterocycles. The summed E-state index contributed by atoms with van der Waals surface area (Å²) in [6.07, 6.45) is 0.842. The van der Waals surface area contributed by atoms with E-state index in [9.17, 15) is 4.79 Å². The third-order valence-electron chi connectivity index (χ3n) is 3.44. The second-order valence-corrected chi connectivity index (χ2v) is 5.44. The van der Waals surface area contributed by atoms with Crippen LogP contribution in [0.3, 0.4) is 0 Å². The van der Waals surface area contributed by atoms with Crippen molar-refractivity contribution in [1.82, 2.24) is 0 Å². The minimum Gasteiger partial charge on any atom is -0.490 e. The molecule has 0 spiro atoms. The molecule has 0 bridgehead atoms. The predicted molar refractivity (Wildman–Crippen MR) is 81.7 cm³/mol. The molecule has 2 aromatic carbocycles. The Labute approximate surface area is 128 Å². The van der Waals surface area contributed by atoms with Gasteiger partial charge in [-0.2, -0.15) is 0 Å². The molecule has 3 rings (SSSR count). The summed E-state index contributed by atoms with van der Waals surface area (Å²) in [7, 11) is 0. The highest BCUT2D eigenvalue weighted by atomic mass is 35.5. The Balaban J connectivity index is 1.96. The average Bonchev–Trinajstić information content (AvgIpc) is 2.71. The lowest BCUT2D eigenvalue weighted by molar-refractivity contribution is 0.103. The molecule has 0 unspecified atom stereocenters. The maximum atomic E-state index is 12.6. The second-order valence-electron chi connectivity index (χ2n) is 5.00. The summed E-state index contributed by atoms with van der Waals surface area (Å²) in [5, 5.41) is 0.628. The number of hydrogen-bond donors (Lipinski definition) is 0. The number of rotatable bonds is 2. The number of aryl methyl sites for hydroxylation is 1. The fourth-order valence-corrected chi connectivity index (χ4v) is 2.57. The van der Waals surface area contributed by atoms with Crippen LogP contribution in [-0.4, -0.2) is 19.0 Å². The molecule has 0 fully saturated rings. The highest BCUT2D eigenvalue weighted by Crippen LogP contribution is 2.31. The summed E-state index contributed by atoms with van der Waals surface area (Å²) in [6, 6.07) is 10.6. The molecule has 4 heteroatoms. The van der Waals surface area contributed by atoms with E-state index in [-0.39, 0.29) is 5.78 Å². The summed E-state index contributed by atoms with van der Waals surface area (Å²) in [5.41, 5.74) is 2.10. The van der Waals surface area contributed by atoms with E-state index in [0.29, 0.717) is 40.9 Å². The maximum Gasteiger partial charge on any atom is 0.193 e. The van der Waals surface area contributed by atoms with Crippen molar-refractivity contribution in [3.8, 4) is 11.5 Å². The van der Waals surface area contributed by atoms with Gasteiger partial charge in [0, 0.05) is 22.6 Å². The predicted octanol–water partition coefficient (Wildman–Crippen LogP) is 4.04. The fraction of sp³-hybridized carbons (Fsp3) is 0.235. The first-order valence-electron chi connectivity index (χ1n) is 6.85. The Bertz CT molecular complexity index is 694. The normalized spacial score (nSPS) is 13.6. The van der Waals surface area contributed by atoms with Gasteiger partial charge in [0.2, 0.25) is 0 Å². The van der Waals surface area contributed by atoms with Gasteiger partial charge in [0.05, 0.1) is 13.2 Å². The summed E-state index contributed by atoms with van der Waals surface area (Å²) >= 11 is 5.93. The molecule has 0 saturated carbocycles. The molecule has 0 N–H and O–H groups in total. The van der Waals surface area contributed by atoms with Crippen molar-refractivity contribution in [3.63, 3.8) is 0 Å². The van der Waals surface area contributed by atoms with Gasteiger partial charge in [0.25, 0.3) is 0 Å². The van der Waals surface area contributed by atoms with Crippen LogP contribution in [0.2, 0.25) is 5.02 Å². The van der Waals surface area contributed by atoms with Gasteiger partial charge in [-0.3, -0.25) is 4.79 Å². The van der Waals surface area contributed by atoms with Crippen molar-refractivity contribution in [3.05, 3.63) is 58.1 Å². The number of benzene rings is 2. The van der Waals surface area contributed by atoms with Gasteiger partial charge >= 0.3 is 0 Å². The third kappa shape index (κ3) is 2.88. The summed E-state index contributed by atoms with van der Waals surface area (Å²) in [5.74, 6) is 1.28. The van der Waals surface area contributed by atoms with Crippen molar-refractivity contribution in [2.24, 2.45) is 0 Å². The van der Waals surface area contributed by atoms with Crippen LogP contribution in [0.4, 0.5) is 0 Å². The minimum atomic E-state index is -0.0418. The van der Waals surface area contributed by atoms with Crippen LogP contribution in [0.1, 0.15) is 27.9 Å². The molecular formula is C17H15ClO3. The van der Waals surface area contributed by atoms with E-state index in [4.69, 9.17) is 21.1 Å². The van der Waals surface area contributed by atoms with E-state index in [1.54, 1.807) is 36.4 Å². The Hall–Kier alpha value is -2.00. The van der Waals surface area contributed by atoms with Crippen LogP contribution in [0.5, 0.6) is 11.5 Å². The van der Waals surface area contributed by atoms with E-state index in [1.807, 2.05) is 6.92 Å². The Morgan fingerprint density at radius 1 is 1.05 bits per heavy atom. The Kier molecular flexibility index (Phi) is 3.84. The largest absolute Gasteiger partial charge is 0.490 e. The molecule has 1 aliphatic heterocycles. The Morgan fingerprint density at radius 3 is 2.57 bits per heavy atom. The van der Waals surface area contributed by atoms with Crippen LogP contribution in [0.25, 0.3) is 0 Å². The van der Waals surface area contributed by atoms with Crippen LogP contribution >= 0.6 is 11.6 Å². The van der Waals surface area contributed by atoms with E-state index < -0.39 is 0 Å². The number of carbonyl (C=O) groups is 1. The number of ketones is 1. The van der Waals surface area contributed by atoms with E-state index in [0.717, 1.165) is 12.0 Å². The van der Waals surface area contributed by atoms with Crippen LogP contribution < -0.4 is 9.47 Å². The molecule has 0 amide bonds. The molecule has 0 aliphatic carbocycles. The summed E-state index contributed by atoms with van der Waals surface area (Å²) < 4.78 is 11.2. The van der Waals surface area contributed by atoms with E-state index in [2.05, 4.69) is 0 Å². The number of halogens is 1. The molecule has 108 valence electrons. The van der Waals surface area contributed by atoms with Crippen molar-refractivity contribution < 1.29 is 14.3 Å². The molecule has 0 radical (unpaired) electrons. The lowest BCUT2D eigenvalue weighted by Gasteiger charge is -2.10. The van der Waals surface area contributed by atoms with Crippen LogP contribution in [0, 0.1) is 6.92 Å². The molecule has 1 heterocycles. The number of ether oxygens (including phenoxy) is 2. The molecule has 1 aliphatic rings. The standard InChI is InChI=1S/C17H15ClO3/c1-11-9-13(18)4-5-14(11)17(19)12-3-6-15-16(10-12)21-8-2-7-20-15/h3-6,9-10H,2,7-8H2,1H3. The van der Waals surface area contributed by atoms with Crippen LogP contribution in [-0.2, 0) is 0 Å². The van der Waals surface area contributed by atoms with Gasteiger partial charge in [0.15, 0.2) is 17.3 Å². The molecule has 2 aromatic rings. The molecule has 0 aromatic heterocycles. The average molecular weight is 303 g/mol. The topological polar surface area (TPSA) is 35.5 Å². The van der Waals surface area contributed by atoms with Crippen LogP contribution in [0.15, 0.2) is 36.4 Å². The second kappa shape index (κ2) is 5.78. The highest BCUT2D eigenvalue weighted by Gasteiger charge is 2.16. The zero-order chi connectivity index (χ0) is 14.8. The number of fused-ring (bicyclic) bond motifs is 1. The number of carbonyl (C=O) groups excluding carboxylic acids is 1. The highest BCUT2D eigenvalue weighted by molar-refractivity contribution is 6.30. The smallest absolute Gasteiger partial charge is 0.193 e. The lowest BCUT2D eigenvalue weighted by atomic mass is 9.99. The minimum absolute atomic E-state index is 0.0418. The first-order chi connectivity index (χ1) is 10.1. The van der Waals surface area contributed by atoms with Gasteiger partial charge in [-0.15, -0.1) is 0 Å². The molecule has 21 heavy (non-hydrogen) atoms. The Morgan fingerprint density at radius 2 is 1.81 bits per heavy atom. The zero-order valence-corrected chi connectivity index (χ0v) is 12.4. The quantitative estimate of drug-likeness (QED) is 0.785. The van der Waals surface area contributed by atoms with Gasteiger partial charge in [-0.1, -0.05) is 11.6 Å². The van der Waals surface area contributed by atoms with Gasteiger partial charge in [0.1, 0.15) is 0 Å². The molecule has 3 nitrogen and oxygen atoms in total. The summed E-state index contributed by atoms with van der Waals surface area (Å²) in [6.45, 7) is 3.11. The van der Waals surface area contributed by atoms with Crippen molar-refractivity contribution in [2.75, 3.05) is 13.2 Å². The zero-order valence-electron chi connectivity index (χ0n) is 11.7. The maximum absolute atomic E-state index is 12.6. The van der Waals surface area contributed by atoms with Gasteiger partial charge in [-0.05, 0) is 48.9 Å². The molecule has 0 atom stereocenters. The van der Waals surface area contributed by atoms with Crippen molar-refractivity contribution >= 4 is 17.4 Å². The van der Waals surface area contributed by atoms with Gasteiger partial charge in [-0.25, -0.2) is 0 Å². The first-order valence-corrected chi connectivity index (χ1v) is 7.23. The SMILES string of the molecule is Cc1cc(Cl)ccc1C(=O)c1ccc2c(c1)OCCCO2. The summed E-state index contributed by atoms with van der Waals surface area (Å²) in [4.78, 5) is 12.6. The third-order valence-corrected chi connectivity index (χ3v) is 3.68. The lowest BCUT2D eigenvalue weighted by Crippen LogP contribution is -2.04. The monoisotopic (exact) mass is 302 g/mol. The van der Waals surface area contributed by atoms with Crippen molar-refractivity contribution in [2.45, 2.75) is 13.3 Å². The molecular weight excluding hydrogens is 288 g/mol. The first kappa shape index (κ1) is 14.0. The fourth-order valence-electron chi connectivity index (χ4n) is 2.34. The van der Waals surface area contributed by atoms with Crippen molar-refractivity contribution in [1.29, 1.82) is 0 Å². The number of hydrogen-bond acceptors (Lipinski definition) is 3. The van der Waals surface area contributed by atoms with E-state index in [1.165, 1.54) is 0 Å². The van der Waals surface area contributed by atoms with E-state index >= 15 is 0 Å². The van der Waals surface area contributed by atoms with Gasteiger partial charge < -0.3 is 9.47 Å².